The number of amides is 1. The summed E-state index contributed by atoms with van der Waals surface area (Å²) in [7, 11) is 0. The quantitative estimate of drug-likeness (QED) is 0.0420. The van der Waals surface area contributed by atoms with Crippen molar-refractivity contribution in [3.8, 4) is 0 Å². The fourth-order valence-corrected chi connectivity index (χ4v) is 9.04. The summed E-state index contributed by atoms with van der Waals surface area (Å²) >= 11 is 0. The Hall–Kier alpha value is -2.95. The maximum atomic E-state index is 12.5. The molecular formula is C68H119NO3. The molecule has 3 N–H and O–H groups in total. The standard InChI is InChI=1S/C68H119NO3/c1-3-5-7-9-11-13-15-17-19-21-23-24-25-26-27-28-29-30-31-32-33-34-35-36-37-38-39-40-41-42-43-44-46-48-50-52-54-56-58-60-62-64-68(72)69-66(65-70)67(71)63-61-59-57-55-53-51-49-47-45-22-20-18-16-14-12-10-8-6-4-2/h5,7,11,13,17,19,23-24,26-27,29-30,45,47,53,55,61,63,66-67,70-71H,3-4,6,8-10,12,14-16,18,20-22,25,28,31-44,46,48-52,54,56-60,62,64-65H2,1-2H3,(H,69,72)/b7-5-,13-11-,19-17-,24-23-,27-26-,30-29-,47-45+,55-53+,63-61+. The molecule has 0 bridgehead atoms. The van der Waals surface area contributed by atoms with Gasteiger partial charge in [-0.05, 0) is 96.3 Å². The lowest BCUT2D eigenvalue weighted by atomic mass is 10.0. The van der Waals surface area contributed by atoms with Crippen molar-refractivity contribution >= 4 is 5.91 Å². The van der Waals surface area contributed by atoms with Crippen molar-refractivity contribution in [2.75, 3.05) is 6.61 Å². The van der Waals surface area contributed by atoms with Crippen LogP contribution in [0.5, 0.6) is 0 Å². The summed E-state index contributed by atoms with van der Waals surface area (Å²) in [6.45, 7) is 4.19. The zero-order valence-electron chi connectivity index (χ0n) is 47.7. The van der Waals surface area contributed by atoms with Gasteiger partial charge in [0.2, 0.25) is 5.91 Å². The van der Waals surface area contributed by atoms with Crippen LogP contribution in [0.15, 0.2) is 109 Å². The molecule has 4 nitrogen and oxygen atoms in total. The highest BCUT2D eigenvalue weighted by Gasteiger charge is 2.18. The number of allylic oxidation sites excluding steroid dienone is 17. The fraction of sp³-hybridized carbons (Fsp3) is 0.721. The maximum Gasteiger partial charge on any atom is 0.220 e. The number of aliphatic hydroxyl groups is 2. The zero-order valence-corrected chi connectivity index (χ0v) is 47.7. The third kappa shape index (κ3) is 57.9. The molecule has 0 rings (SSSR count). The van der Waals surface area contributed by atoms with Gasteiger partial charge in [-0.15, -0.1) is 0 Å². The smallest absolute Gasteiger partial charge is 0.220 e. The van der Waals surface area contributed by atoms with E-state index >= 15 is 0 Å². The second-order valence-corrected chi connectivity index (χ2v) is 20.7. The van der Waals surface area contributed by atoms with E-state index in [1.807, 2.05) is 6.08 Å². The Morgan fingerprint density at radius 1 is 0.347 bits per heavy atom. The molecule has 2 unspecified atom stereocenters. The Balaban J connectivity index is 3.49. The molecule has 0 aromatic heterocycles. The van der Waals surface area contributed by atoms with Crippen LogP contribution < -0.4 is 5.32 Å². The van der Waals surface area contributed by atoms with Crippen molar-refractivity contribution in [2.45, 2.75) is 309 Å². The highest BCUT2D eigenvalue weighted by molar-refractivity contribution is 5.76. The van der Waals surface area contributed by atoms with E-state index in [1.54, 1.807) is 6.08 Å². The molecule has 1 amide bonds. The topological polar surface area (TPSA) is 69.6 Å². The fourth-order valence-electron chi connectivity index (χ4n) is 9.04. The lowest BCUT2D eigenvalue weighted by Gasteiger charge is -2.19. The Morgan fingerprint density at radius 3 is 0.972 bits per heavy atom. The predicted octanol–water partition coefficient (Wildman–Crippen LogP) is 21.0. The first kappa shape index (κ1) is 69.0. The van der Waals surface area contributed by atoms with Crippen LogP contribution in [0, 0.1) is 0 Å². The molecule has 0 heterocycles. The summed E-state index contributed by atoms with van der Waals surface area (Å²) in [5, 5.41) is 23.1. The minimum atomic E-state index is -0.874. The highest BCUT2D eigenvalue weighted by atomic mass is 16.3. The number of nitrogens with one attached hydrogen (secondary N) is 1. The Morgan fingerprint density at radius 2 is 0.625 bits per heavy atom. The van der Waals surface area contributed by atoms with Gasteiger partial charge in [-0.1, -0.05) is 303 Å². The number of aliphatic hydroxyl groups excluding tert-OH is 2. The molecule has 0 aromatic carbocycles. The normalized spacial score (nSPS) is 13.6. The molecule has 72 heavy (non-hydrogen) atoms. The van der Waals surface area contributed by atoms with Crippen LogP contribution in [0.25, 0.3) is 0 Å². The third-order valence-corrected chi connectivity index (χ3v) is 13.7. The van der Waals surface area contributed by atoms with Gasteiger partial charge in [0.15, 0.2) is 0 Å². The lowest BCUT2D eigenvalue weighted by molar-refractivity contribution is -0.123. The largest absolute Gasteiger partial charge is 0.394 e. The number of carbonyl (C=O) groups is 1. The van der Waals surface area contributed by atoms with Gasteiger partial charge in [0, 0.05) is 6.42 Å². The van der Waals surface area contributed by atoms with E-state index in [0.717, 1.165) is 77.0 Å². The van der Waals surface area contributed by atoms with E-state index in [-0.39, 0.29) is 12.5 Å². The Kier molecular flexibility index (Phi) is 59.8. The van der Waals surface area contributed by atoms with Gasteiger partial charge in [0.25, 0.3) is 0 Å². The van der Waals surface area contributed by atoms with Crippen LogP contribution in [0.1, 0.15) is 296 Å². The number of rotatable bonds is 56. The maximum absolute atomic E-state index is 12.5. The molecule has 4 heteroatoms. The molecule has 414 valence electrons. The molecule has 0 aliphatic heterocycles. The van der Waals surface area contributed by atoms with Crippen LogP contribution in [-0.2, 0) is 4.79 Å². The molecule has 0 fully saturated rings. The van der Waals surface area contributed by atoms with Gasteiger partial charge in [-0.2, -0.15) is 0 Å². The zero-order chi connectivity index (χ0) is 52.0. The van der Waals surface area contributed by atoms with Crippen LogP contribution in [0.4, 0.5) is 0 Å². The summed E-state index contributed by atoms with van der Waals surface area (Å²) < 4.78 is 0. The van der Waals surface area contributed by atoms with Gasteiger partial charge in [-0.25, -0.2) is 0 Å². The minimum absolute atomic E-state index is 0.0765. The summed E-state index contributed by atoms with van der Waals surface area (Å²) in [5.41, 5.74) is 0. The van der Waals surface area contributed by atoms with Crippen LogP contribution in [0.3, 0.4) is 0 Å². The SMILES string of the molecule is CC/C=C\C/C=C\C/C=C\C/C=C\C/C=C\C/C=C\CCCCCCCCCCCCCCCCCCCCCCCCC(=O)NC(CO)C(O)/C=C/CC/C=C/CC/C=C/CCCCCCCCCCC. The molecule has 0 aliphatic carbocycles. The molecule has 0 saturated heterocycles. The molecule has 0 radical (unpaired) electrons. The molecule has 2 atom stereocenters. The second-order valence-electron chi connectivity index (χ2n) is 20.7. The van der Waals surface area contributed by atoms with E-state index in [9.17, 15) is 15.0 Å². The first-order valence-corrected chi connectivity index (χ1v) is 31.1. The Labute approximate surface area is 448 Å². The van der Waals surface area contributed by atoms with Gasteiger partial charge in [0.05, 0.1) is 18.8 Å². The van der Waals surface area contributed by atoms with Crippen molar-refractivity contribution in [1.29, 1.82) is 0 Å². The van der Waals surface area contributed by atoms with Crippen LogP contribution >= 0.6 is 0 Å². The average molecular weight is 999 g/mol. The van der Waals surface area contributed by atoms with Gasteiger partial charge >= 0.3 is 0 Å². The monoisotopic (exact) mass is 998 g/mol. The summed E-state index contributed by atoms with van der Waals surface area (Å²) in [6.07, 6.45) is 94.2. The van der Waals surface area contributed by atoms with E-state index < -0.39 is 12.1 Å². The van der Waals surface area contributed by atoms with E-state index in [1.165, 1.54) is 199 Å². The molecule has 0 spiro atoms. The second kappa shape index (κ2) is 62.3. The number of unbranched alkanes of at least 4 members (excludes halogenated alkanes) is 33. The summed E-state index contributed by atoms with van der Waals surface area (Å²) in [6, 6.07) is -0.649. The van der Waals surface area contributed by atoms with E-state index in [2.05, 4.69) is 116 Å². The highest BCUT2D eigenvalue weighted by Crippen LogP contribution is 2.17. The van der Waals surface area contributed by atoms with Gasteiger partial charge in [-0.3, -0.25) is 4.79 Å². The van der Waals surface area contributed by atoms with Crippen molar-refractivity contribution < 1.29 is 15.0 Å². The lowest BCUT2D eigenvalue weighted by Crippen LogP contribution is -2.45. The number of hydrogen-bond donors (Lipinski definition) is 3. The third-order valence-electron chi connectivity index (χ3n) is 13.7. The minimum Gasteiger partial charge on any atom is -0.394 e. The summed E-state index contributed by atoms with van der Waals surface area (Å²) in [5.74, 6) is -0.0765. The Bertz CT molecular complexity index is 1360. The first-order chi connectivity index (χ1) is 35.7. The molecule has 0 aliphatic rings. The van der Waals surface area contributed by atoms with Gasteiger partial charge in [0.1, 0.15) is 0 Å². The molecule has 0 aromatic rings. The van der Waals surface area contributed by atoms with Gasteiger partial charge < -0.3 is 15.5 Å². The van der Waals surface area contributed by atoms with Crippen molar-refractivity contribution in [3.05, 3.63) is 109 Å². The van der Waals surface area contributed by atoms with Crippen molar-refractivity contribution in [2.24, 2.45) is 0 Å². The van der Waals surface area contributed by atoms with E-state index in [0.29, 0.717) is 6.42 Å². The molecule has 0 saturated carbocycles. The molecular weight excluding hydrogens is 879 g/mol. The van der Waals surface area contributed by atoms with Crippen molar-refractivity contribution in [1.82, 2.24) is 5.32 Å². The first-order valence-electron chi connectivity index (χ1n) is 31.1. The predicted molar refractivity (Wildman–Crippen MR) is 322 cm³/mol. The van der Waals surface area contributed by atoms with Crippen LogP contribution in [-0.4, -0.2) is 34.9 Å². The van der Waals surface area contributed by atoms with Crippen molar-refractivity contribution in [3.63, 3.8) is 0 Å². The number of carbonyl (C=O) groups excluding carboxylic acids is 1. The average Bonchev–Trinajstić information content (AvgIpc) is 3.39. The van der Waals surface area contributed by atoms with E-state index in [4.69, 9.17) is 0 Å². The summed E-state index contributed by atoms with van der Waals surface area (Å²) in [4.78, 5) is 12.5. The number of hydrogen-bond acceptors (Lipinski definition) is 3. The van der Waals surface area contributed by atoms with Crippen LogP contribution in [0.2, 0.25) is 0 Å².